The first-order valence-corrected chi connectivity index (χ1v) is 8.67. The third kappa shape index (κ3) is 4.48. The minimum Gasteiger partial charge on any atom is -0.497 e. The van der Waals surface area contributed by atoms with Gasteiger partial charge in [-0.15, -0.1) is 10.2 Å². The number of carbonyl (C=O) groups is 1. The number of nitrogens with two attached hydrogens (primary N) is 1. The Labute approximate surface area is 154 Å². The first kappa shape index (κ1) is 17.7. The highest BCUT2D eigenvalue weighted by Crippen LogP contribution is 2.26. The number of nitrogens with one attached hydrogen (secondary N) is 1. The van der Waals surface area contributed by atoms with Crippen molar-refractivity contribution in [1.82, 2.24) is 15.5 Å². The molecule has 3 rings (SSSR count). The van der Waals surface area contributed by atoms with Gasteiger partial charge in [-0.3, -0.25) is 4.79 Å². The van der Waals surface area contributed by atoms with Gasteiger partial charge >= 0.3 is 0 Å². The van der Waals surface area contributed by atoms with Crippen LogP contribution in [0.25, 0.3) is 0 Å². The van der Waals surface area contributed by atoms with E-state index in [1.165, 1.54) is 11.3 Å². The zero-order valence-corrected chi connectivity index (χ0v) is 14.9. The molecule has 2 aromatic carbocycles. The third-order valence-corrected chi connectivity index (χ3v) is 4.37. The van der Waals surface area contributed by atoms with Crippen molar-refractivity contribution in [3.8, 4) is 11.5 Å². The number of hydrogen-bond donors (Lipinski definition) is 2. The maximum absolute atomic E-state index is 12.4. The highest BCUT2D eigenvalue weighted by atomic mass is 32.1. The molecule has 0 unspecified atom stereocenters. The van der Waals surface area contributed by atoms with E-state index in [0.717, 1.165) is 5.56 Å². The summed E-state index contributed by atoms with van der Waals surface area (Å²) >= 11 is 1.24. The molecule has 3 aromatic rings. The normalized spacial score (nSPS) is 11.6. The topological polar surface area (TPSA) is 99.4 Å². The van der Waals surface area contributed by atoms with Crippen LogP contribution in [0.3, 0.4) is 0 Å². The lowest BCUT2D eigenvalue weighted by molar-refractivity contribution is -0.123. The van der Waals surface area contributed by atoms with Crippen molar-refractivity contribution < 1.29 is 14.3 Å². The van der Waals surface area contributed by atoms with Gasteiger partial charge in [0.15, 0.2) is 6.61 Å². The molecule has 7 nitrogen and oxygen atoms in total. The Morgan fingerprint density at radius 2 is 1.92 bits per heavy atom. The molecule has 134 valence electrons. The second-order valence-electron chi connectivity index (χ2n) is 5.36. The molecule has 0 fully saturated rings. The van der Waals surface area contributed by atoms with E-state index in [1.807, 2.05) is 30.3 Å². The summed E-state index contributed by atoms with van der Waals surface area (Å²) in [5.41, 5.74) is 6.57. The van der Waals surface area contributed by atoms with Gasteiger partial charge in [0, 0.05) is 6.07 Å². The van der Waals surface area contributed by atoms with Crippen molar-refractivity contribution in [2.24, 2.45) is 0 Å². The molecule has 26 heavy (non-hydrogen) atoms. The zero-order chi connectivity index (χ0) is 18.4. The van der Waals surface area contributed by atoms with Gasteiger partial charge in [0.2, 0.25) is 5.13 Å². The summed E-state index contributed by atoms with van der Waals surface area (Å²) in [6.45, 7) is -0.134. The van der Waals surface area contributed by atoms with Crippen molar-refractivity contribution in [3.63, 3.8) is 0 Å². The summed E-state index contributed by atoms with van der Waals surface area (Å²) < 4.78 is 10.7. The van der Waals surface area contributed by atoms with Crippen LogP contribution >= 0.6 is 11.3 Å². The Balaban J connectivity index is 1.69. The predicted octanol–water partition coefficient (Wildman–Crippen LogP) is 2.41. The summed E-state index contributed by atoms with van der Waals surface area (Å²) in [4.78, 5) is 12.4. The monoisotopic (exact) mass is 370 g/mol. The molecule has 0 saturated carbocycles. The molecule has 1 atom stereocenters. The molecule has 0 radical (unpaired) electrons. The number of methoxy groups -OCH3 is 1. The first-order chi connectivity index (χ1) is 12.7. The lowest BCUT2D eigenvalue weighted by atomic mass is 10.1. The van der Waals surface area contributed by atoms with Gasteiger partial charge in [-0.05, 0) is 17.7 Å². The quantitative estimate of drug-likeness (QED) is 0.663. The van der Waals surface area contributed by atoms with Crippen LogP contribution in [-0.4, -0.2) is 29.8 Å². The van der Waals surface area contributed by atoms with Crippen LogP contribution in [0.1, 0.15) is 16.6 Å². The number of nitrogens with zero attached hydrogens (tertiary/aromatic N) is 2. The van der Waals surface area contributed by atoms with Gasteiger partial charge in [0.25, 0.3) is 5.91 Å². The molecule has 0 aliphatic carbocycles. The highest BCUT2D eigenvalue weighted by Gasteiger charge is 2.21. The van der Waals surface area contributed by atoms with Gasteiger partial charge in [-0.1, -0.05) is 47.7 Å². The Hall–Kier alpha value is -3.13. The first-order valence-electron chi connectivity index (χ1n) is 7.86. The second-order valence-corrected chi connectivity index (χ2v) is 6.40. The lowest BCUT2D eigenvalue weighted by Gasteiger charge is -2.17. The molecule has 3 N–H and O–H groups in total. The van der Waals surface area contributed by atoms with Crippen molar-refractivity contribution in [2.45, 2.75) is 6.04 Å². The van der Waals surface area contributed by atoms with E-state index in [4.69, 9.17) is 15.2 Å². The Kier molecular flexibility index (Phi) is 5.65. The van der Waals surface area contributed by atoms with Gasteiger partial charge in [-0.2, -0.15) is 0 Å². The molecule has 0 aliphatic heterocycles. The van der Waals surface area contributed by atoms with E-state index in [1.54, 1.807) is 31.4 Å². The largest absolute Gasteiger partial charge is 0.497 e. The molecule has 8 heteroatoms. The minimum absolute atomic E-state index is 0.134. The maximum atomic E-state index is 12.4. The third-order valence-electron chi connectivity index (χ3n) is 3.55. The number of hydrogen-bond acceptors (Lipinski definition) is 7. The fourth-order valence-electron chi connectivity index (χ4n) is 2.34. The van der Waals surface area contributed by atoms with Gasteiger partial charge in [0.1, 0.15) is 22.5 Å². The highest BCUT2D eigenvalue weighted by molar-refractivity contribution is 7.15. The van der Waals surface area contributed by atoms with Crippen LogP contribution in [0.15, 0.2) is 54.6 Å². The smallest absolute Gasteiger partial charge is 0.258 e. The summed E-state index contributed by atoms with van der Waals surface area (Å²) in [5, 5.41) is 11.8. The van der Waals surface area contributed by atoms with Crippen LogP contribution in [-0.2, 0) is 4.79 Å². The predicted molar refractivity (Wildman–Crippen MR) is 99.2 cm³/mol. The fraction of sp³-hybridized carbons (Fsp3) is 0.167. The fourth-order valence-corrected chi connectivity index (χ4v) is 3.03. The minimum atomic E-state index is -0.438. The van der Waals surface area contributed by atoms with Crippen molar-refractivity contribution in [3.05, 3.63) is 65.2 Å². The van der Waals surface area contributed by atoms with Crippen LogP contribution in [0.4, 0.5) is 5.13 Å². The average Bonchev–Trinajstić information content (AvgIpc) is 3.11. The van der Waals surface area contributed by atoms with E-state index in [2.05, 4.69) is 15.5 Å². The van der Waals surface area contributed by atoms with E-state index >= 15 is 0 Å². The van der Waals surface area contributed by atoms with Crippen molar-refractivity contribution in [1.29, 1.82) is 0 Å². The molecular formula is C18H18N4O3S. The molecule has 0 saturated heterocycles. The van der Waals surface area contributed by atoms with Crippen LogP contribution in [0.5, 0.6) is 11.5 Å². The van der Waals surface area contributed by atoms with Gasteiger partial charge in [-0.25, -0.2) is 0 Å². The molecule has 1 amide bonds. The standard InChI is InChI=1S/C18H18N4O3S/c1-24-13-8-5-9-14(10-13)25-11-15(23)20-16(12-6-3-2-4-7-12)17-21-22-18(19)26-17/h2-10,16H,11H2,1H3,(H2,19,22)(H,20,23)/t16-/m0/s1. The average molecular weight is 370 g/mol. The Bertz CT molecular complexity index is 870. The van der Waals surface area contributed by atoms with E-state index in [9.17, 15) is 4.79 Å². The van der Waals surface area contributed by atoms with Crippen LogP contribution in [0, 0.1) is 0 Å². The maximum Gasteiger partial charge on any atom is 0.258 e. The number of nitrogen functional groups attached to an aromatic ring is 1. The van der Waals surface area contributed by atoms with Gasteiger partial charge in [0.05, 0.1) is 7.11 Å². The molecule has 1 aromatic heterocycles. The lowest BCUT2D eigenvalue weighted by Crippen LogP contribution is -2.33. The molecule has 0 bridgehead atoms. The number of amides is 1. The van der Waals surface area contributed by atoms with E-state index in [0.29, 0.717) is 21.6 Å². The van der Waals surface area contributed by atoms with Crippen molar-refractivity contribution in [2.75, 3.05) is 19.5 Å². The van der Waals surface area contributed by atoms with E-state index < -0.39 is 6.04 Å². The Morgan fingerprint density at radius 1 is 1.15 bits per heavy atom. The second kappa shape index (κ2) is 8.30. The SMILES string of the molecule is COc1cccc(OCC(=O)N[C@@H](c2ccccc2)c2nnc(N)s2)c1. The van der Waals surface area contributed by atoms with E-state index in [-0.39, 0.29) is 12.5 Å². The summed E-state index contributed by atoms with van der Waals surface area (Å²) in [6, 6.07) is 16.1. The van der Waals surface area contributed by atoms with Crippen LogP contribution in [0.2, 0.25) is 0 Å². The summed E-state index contributed by atoms with van der Waals surface area (Å²) in [6.07, 6.45) is 0. The molecule has 0 aliphatic rings. The van der Waals surface area contributed by atoms with Crippen LogP contribution < -0.4 is 20.5 Å². The summed E-state index contributed by atoms with van der Waals surface area (Å²) in [5.74, 6) is 0.931. The Morgan fingerprint density at radius 3 is 2.62 bits per heavy atom. The molecule has 0 spiro atoms. The summed E-state index contributed by atoms with van der Waals surface area (Å²) in [7, 11) is 1.57. The number of anilines is 1. The molecule has 1 heterocycles. The molecular weight excluding hydrogens is 352 g/mol. The number of aromatic nitrogens is 2. The number of carbonyl (C=O) groups excluding carboxylic acids is 1. The number of ether oxygens (including phenoxy) is 2. The zero-order valence-electron chi connectivity index (χ0n) is 14.1. The van der Waals surface area contributed by atoms with Crippen molar-refractivity contribution >= 4 is 22.4 Å². The number of benzene rings is 2. The number of rotatable bonds is 7. The van der Waals surface area contributed by atoms with Gasteiger partial charge < -0.3 is 20.5 Å².